The summed E-state index contributed by atoms with van der Waals surface area (Å²) in [5.74, 6) is 2.26. The highest BCUT2D eigenvalue weighted by Crippen LogP contribution is 2.40. The summed E-state index contributed by atoms with van der Waals surface area (Å²) >= 11 is 0. The lowest BCUT2D eigenvalue weighted by atomic mass is 10.1. The molecule has 4 heterocycles. The van der Waals surface area contributed by atoms with Crippen LogP contribution in [-0.4, -0.2) is 93.2 Å². The second-order valence-electron chi connectivity index (χ2n) is 11.4. The fraction of sp³-hybridized carbons (Fsp3) is 0.516. The van der Waals surface area contributed by atoms with Crippen molar-refractivity contribution < 1.29 is 32.9 Å². The zero-order chi connectivity index (χ0) is 29.4. The molecular formula is C31H37FN4O6. The average Bonchev–Trinajstić information content (AvgIpc) is 3.50. The van der Waals surface area contributed by atoms with Crippen molar-refractivity contribution in [3.05, 3.63) is 35.4 Å². The third kappa shape index (κ3) is 5.32. The maximum absolute atomic E-state index is 13.9. The molecule has 2 fully saturated rings. The molecule has 0 saturated carbocycles. The van der Waals surface area contributed by atoms with Gasteiger partial charge in [-0.05, 0) is 37.3 Å². The van der Waals surface area contributed by atoms with Crippen LogP contribution in [0.2, 0.25) is 0 Å². The van der Waals surface area contributed by atoms with E-state index in [9.17, 15) is 14.0 Å². The number of amides is 2. The summed E-state index contributed by atoms with van der Waals surface area (Å²) in [6.07, 6.45) is 3.55. The van der Waals surface area contributed by atoms with Gasteiger partial charge in [-0.15, -0.1) is 0 Å². The minimum atomic E-state index is -0.992. The first-order chi connectivity index (χ1) is 20.4. The van der Waals surface area contributed by atoms with Crippen molar-refractivity contribution >= 4 is 29.4 Å². The number of unbranched alkanes of at least 4 members (excludes halogenated alkanes) is 1. The molecule has 10 nitrogen and oxygen atoms in total. The van der Waals surface area contributed by atoms with Crippen molar-refractivity contribution in [2.45, 2.75) is 50.9 Å². The maximum atomic E-state index is 13.9. The number of benzene rings is 2. The molecule has 0 bridgehead atoms. The van der Waals surface area contributed by atoms with Gasteiger partial charge in [-0.3, -0.25) is 14.6 Å². The second-order valence-corrected chi connectivity index (χ2v) is 11.4. The fourth-order valence-electron chi connectivity index (χ4n) is 6.29. The molecule has 0 spiro atoms. The Bertz CT molecular complexity index is 1400. The second kappa shape index (κ2) is 11.7. The molecule has 224 valence electrons. The lowest BCUT2D eigenvalue weighted by Crippen LogP contribution is -2.37. The van der Waals surface area contributed by atoms with Gasteiger partial charge in [0.1, 0.15) is 6.17 Å². The molecule has 4 aliphatic rings. The van der Waals surface area contributed by atoms with Gasteiger partial charge in [-0.1, -0.05) is 6.92 Å². The Morgan fingerprint density at radius 1 is 0.881 bits per heavy atom. The van der Waals surface area contributed by atoms with Crippen LogP contribution in [-0.2, 0) is 0 Å². The van der Waals surface area contributed by atoms with Crippen molar-refractivity contribution in [2.24, 2.45) is 10.9 Å². The van der Waals surface area contributed by atoms with Crippen LogP contribution in [0, 0.1) is 5.92 Å². The van der Waals surface area contributed by atoms with Crippen LogP contribution in [0.25, 0.3) is 0 Å². The van der Waals surface area contributed by atoms with Crippen molar-refractivity contribution in [3.8, 4) is 23.0 Å². The van der Waals surface area contributed by atoms with Gasteiger partial charge in [0.15, 0.2) is 23.0 Å². The zero-order valence-corrected chi connectivity index (χ0v) is 24.2. The molecule has 6 rings (SSSR count). The Morgan fingerprint density at radius 2 is 1.55 bits per heavy atom. The first-order valence-corrected chi connectivity index (χ1v) is 14.6. The number of carbonyl (C=O) groups is 2. The van der Waals surface area contributed by atoms with Gasteiger partial charge in [0, 0.05) is 37.9 Å². The SMILES string of the molecule is COc1cc2c(cc1OCCCCOc1cc3c(cc1OC)C(=O)N1C[C@@H](F)C[C@H]1CN3)N=C[C@@H]1C[C@H](C)CN1C2=O. The van der Waals surface area contributed by atoms with E-state index in [1.54, 1.807) is 36.3 Å². The molecule has 4 atom stereocenters. The molecule has 0 aliphatic carbocycles. The standard InChI is InChI=1S/C31H37FN4O6/c1-18-8-20-14-33-24-12-28(26(39-2)10-22(24)30(37)35(20)16-18)41-6-4-5-7-42-29-13-25-23(11-27(29)40-3)31(38)36-17-19(32)9-21(36)15-34-25/h10-14,18-21,34H,4-9,15-17H2,1-3H3/t18-,19-,20-,21-/m0/s1. The average molecular weight is 581 g/mol. The Hall–Kier alpha value is -4.02. The normalized spacial score (nSPS) is 24.2. The quantitative estimate of drug-likeness (QED) is 0.436. The van der Waals surface area contributed by atoms with E-state index >= 15 is 0 Å². The van der Waals surface area contributed by atoms with Crippen LogP contribution in [0.4, 0.5) is 15.8 Å². The predicted octanol–water partition coefficient (Wildman–Crippen LogP) is 4.49. The van der Waals surface area contributed by atoms with Gasteiger partial charge in [-0.25, -0.2) is 4.39 Å². The van der Waals surface area contributed by atoms with Crippen molar-refractivity contribution in [3.63, 3.8) is 0 Å². The lowest BCUT2D eigenvalue weighted by Gasteiger charge is -2.21. The first kappa shape index (κ1) is 28.1. The van der Waals surface area contributed by atoms with E-state index in [0.717, 1.165) is 13.0 Å². The van der Waals surface area contributed by atoms with Crippen LogP contribution in [0.3, 0.4) is 0 Å². The number of alkyl halides is 1. The van der Waals surface area contributed by atoms with E-state index in [1.165, 1.54) is 7.11 Å². The van der Waals surface area contributed by atoms with Gasteiger partial charge in [0.05, 0.1) is 68.6 Å². The van der Waals surface area contributed by atoms with Gasteiger partial charge in [0.2, 0.25) is 0 Å². The van der Waals surface area contributed by atoms with Crippen LogP contribution in [0.15, 0.2) is 29.3 Å². The number of hydrogen-bond acceptors (Lipinski definition) is 8. The molecule has 0 unspecified atom stereocenters. The number of nitrogens with one attached hydrogen (secondary N) is 1. The Kier molecular flexibility index (Phi) is 7.83. The predicted molar refractivity (Wildman–Crippen MR) is 156 cm³/mol. The highest BCUT2D eigenvalue weighted by atomic mass is 19.1. The van der Waals surface area contributed by atoms with Crippen molar-refractivity contribution in [1.82, 2.24) is 9.80 Å². The molecule has 11 heteroatoms. The molecule has 1 N–H and O–H groups in total. The number of hydrogen-bond donors (Lipinski definition) is 1. The van der Waals surface area contributed by atoms with Crippen LogP contribution < -0.4 is 24.3 Å². The summed E-state index contributed by atoms with van der Waals surface area (Å²) in [6, 6.07) is 6.80. The van der Waals surface area contributed by atoms with Crippen LogP contribution >= 0.6 is 0 Å². The maximum Gasteiger partial charge on any atom is 0.256 e. The fourth-order valence-corrected chi connectivity index (χ4v) is 6.29. The van der Waals surface area contributed by atoms with Crippen molar-refractivity contribution in [1.29, 1.82) is 0 Å². The summed E-state index contributed by atoms with van der Waals surface area (Å²) in [7, 11) is 3.09. The highest BCUT2D eigenvalue weighted by molar-refractivity contribution is 6.03. The molecule has 42 heavy (non-hydrogen) atoms. The van der Waals surface area contributed by atoms with Gasteiger partial charge < -0.3 is 34.1 Å². The van der Waals surface area contributed by atoms with Crippen LogP contribution in [0.1, 0.15) is 53.3 Å². The number of rotatable bonds is 9. The Balaban J connectivity index is 1.05. The third-order valence-electron chi connectivity index (χ3n) is 8.45. The molecule has 0 aromatic heterocycles. The molecule has 2 aromatic rings. The Labute approximate surface area is 244 Å². The number of methoxy groups -OCH3 is 2. The number of ether oxygens (including phenoxy) is 4. The molecule has 0 radical (unpaired) electrons. The smallest absolute Gasteiger partial charge is 0.256 e. The number of anilines is 1. The largest absolute Gasteiger partial charge is 0.493 e. The first-order valence-electron chi connectivity index (χ1n) is 14.6. The monoisotopic (exact) mass is 580 g/mol. The summed E-state index contributed by atoms with van der Waals surface area (Å²) in [6.45, 7) is 4.33. The highest BCUT2D eigenvalue weighted by Gasteiger charge is 2.39. The third-order valence-corrected chi connectivity index (χ3v) is 8.45. The van der Waals surface area contributed by atoms with E-state index in [2.05, 4.69) is 17.2 Å². The van der Waals surface area contributed by atoms with Crippen molar-refractivity contribution in [2.75, 3.05) is 52.4 Å². The van der Waals surface area contributed by atoms with Gasteiger partial charge in [0.25, 0.3) is 11.8 Å². The number of fused-ring (bicyclic) bond motifs is 4. The Morgan fingerprint density at radius 3 is 2.26 bits per heavy atom. The number of aliphatic imine (C=N–C) groups is 1. The van der Waals surface area contributed by atoms with E-state index in [-0.39, 0.29) is 30.4 Å². The van der Waals surface area contributed by atoms with E-state index in [1.807, 2.05) is 11.1 Å². The molecular weight excluding hydrogens is 543 g/mol. The summed E-state index contributed by atoms with van der Waals surface area (Å²) in [5, 5.41) is 3.29. The van der Waals surface area contributed by atoms with Gasteiger partial charge >= 0.3 is 0 Å². The number of nitrogens with zero attached hydrogens (tertiary/aromatic N) is 3. The van der Waals surface area contributed by atoms with Gasteiger partial charge in [-0.2, -0.15) is 0 Å². The molecule has 2 saturated heterocycles. The number of carbonyl (C=O) groups excluding carboxylic acids is 2. The van der Waals surface area contributed by atoms with E-state index in [4.69, 9.17) is 18.9 Å². The number of halogens is 1. The summed E-state index contributed by atoms with van der Waals surface area (Å²) in [4.78, 5) is 34.4. The minimum absolute atomic E-state index is 0.0197. The lowest BCUT2D eigenvalue weighted by molar-refractivity contribution is 0.0740. The minimum Gasteiger partial charge on any atom is -0.493 e. The zero-order valence-electron chi connectivity index (χ0n) is 24.2. The molecule has 2 amide bonds. The topological polar surface area (TPSA) is 102 Å². The van der Waals surface area contributed by atoms with Crippen LogP contribution in [0.5, 0.6) is 23.0 Å². The van der Waals surface area contributed by atoms with E-state index in [0.29, 0.717) is 90.4 Å². The van der Waals surface area contributed by atoms with E-state index < -0.39 is 6.17 Å². The molecule has 4 aliphatic heterocycles. The summed E-state index contributed by atoms with van der Waals surface area (Å²) in [5.41, 5.74) is 2.24. The molecule has 2 aromatic carbocycles. The summed E-state index contributed by atoms with van der Waals surface area (Å²) < 4.78 is 37.1.